The van der Waals surface area contributed by atoms with Gasteiger partial charge in [-0.1, -0.05) is 35.5 Å². The number of hydrogen-bond donors (Lipinski definition) is 2. The highest BCUT2D eigenvalue weighted by Gasteiger charge is 2.20. The number of carbonyl (C=O) groups is 1. The van der Waals surface area contributed by atoms with Gasteiger partial charge in [0.15, 0.2) is 5.82 Å². The third-order valence-corrected chi connectivity index (χ3v) is 5.18. The second kappa shape index (κ2) is 8.32. The summed E-state index contributed by atoms with van der Waals surface area (Å²) in [6.07, 6.45) is 0. The molecule has 0 radical (unpaired) electrons. The van der Waals surface area contributed by atoms with Gasteiger partial charge in [0.25, 0.3) is 0 Å². The lowest BCUT2D eigenvalue weighted by molar-refractivity contribution is -0.115. The Bertz CT molecular complexity index is 945. The molecule has 0 aliphatic rings. The Morgan fingerprint density at radius 2 is 1.93 bits per heavy atom. The van der Waals surface area contributed by atoms with Gasteiger partial charge in [0.1, 0.15) is 5.75 Å². The minimum Gasteiger partial charge on any atom is -0.497 e. The van der Waals surface area contributed by atoms with Gasteiger partial charge in [0, 0.05) is 5.56 Å². The van der Waals surface area contributed by atoms with Crippen LogP contribution in [0.4, 0.5) is 5.69 Å². The Kier molecular flexibility index (Phi) is 5.88. The van der Waals surface area contributed by atoms with E-state index >= 15 is 0 Å². The summed E-state index contributed by atoms with van der Waals surface area (Å²) in [6, 6.07) is 14.4. The van der Waals surface area contributed by atoms with Crippen LogP contribution in [-0.4, -0.2) is 33.1 Å². The van der Waals surface area contributed by atoms with E-state index in [-0.39, 0.29) is 5.91 Å². The number of aromatic nitrogens is 3. The fourth-order valence-electron chi connectivity index (χ4n) is 2.30. The molecule has 1 atom stereocenters. The zero-order chi connectivity index (χ0) is 19.4. The summed E-state index contributed by atoms with van der Waals surface area (Å²) in [5, 5.41) is 11.5. The first-order chi connectivity index (χ1) is 13.0. The molecule has 3 rings (SSSR count). The summed E-state index contributed by atoms with van der Waals surface area (Å²) in [5.74, 6) is 7.15. The largest absolute Gasteiger partial charge is 0.497 e. The Morgan fingerprint density at radius 3 is 2.59 bits per heavy atom. The van der Waals surface area contributed by atoms with Gasteiger partial charge < -0.3 is 15.9 Å². The topological polar surface area (TPSA) is 95.1 Å². The lowest BCUT2D eigenvalue weighted by Crippen LogP contribution is -2.23. The number of ether oxygens (including phenoxy) is 1. The van der Waals surface area contributed by atoms with Crippen molar-refractivity contribution in [2.24, 2.45) is 0 Å². The van der Waals surface area contributed by atoms with E-state index in [0.717, 1.165) is 11.3 Å². The second-order valence-electron chi connectivity index (χ2n) is 5.63. The predicted octanol–water partition coefficient (Wildman–Crippen LogP) is 3.44. The Morgan fingerprint density at radius 1 is 1.22 bits per heavy atom. The summed E-state index contributed by atoms with van der Waals surface area (Å²) in [6.45, 7) is 1.76. The summed E-state index contributed by atoms with van der Waals surface area (Å²) >= 11 is 7.29. The van der Waals surface area contributed by atoms with E-state index < -0.39 is 5.25 Å². The summed E-state index contributed by atoms with van der Waals surface area (Å²) in [4.78, 5) is 12.4. The number of thioether (sulfide) groups is 1. The third-order valence-electron chi connectivity index (χ3n) is 3.80. The van der Waals surface area contributed by atoms with Crippen LogP contribution < -0.4 is 15.9 Å². The molecule has 1 heterocycles. The number of nitrogens with one attached hydrogen (secondary N) is 1. The van der Waals surface area contributed by atoms with Crippen LogP contribution in [0, 0.1) is 0 Å². The number of methoxy groups -OCH3 is 1. The van der Waals surface area contributed by atoms with Crippen molar-refractivity contribution in [3.05, 3.63) is 53.6 Å². The molecule has 0 saturated heterocycles. The maximum absolute atomic E-state index is 12.4. The van der Waals surface area contributed by atoms with E-state index in [9.17, 15) is 4.79 Å². The number of amides is 1. The smallest absolute Gasteiger partial charge is 0.237 e. The number of nitrogen functional groups attached to an aromatic ring is 1. The predicted molar refractivity (Wildman–Crippen MR) is 108 cm³/mol. The average molecular weight is 404 g/mol. The van der Waals surface area contributed by atoms with Crippen molar-refractivity contribution in [1.82, 2.24) is 14.9 Å². The van der Waals surface area contributed by atoms with Crippen molar-refractivity contribution in [1.29, 1.82) is 0 Å². The van der Waals surface area contributed by atoms with Gasteiger partial charge in [0.2, 0.25) is 11.1 Å². The molecule has 1 aromatic heterocycles. The maximum atomic E-state index is 12.4. The van der Waals surface area contributed by atoms with Crippen LogP contribution in [0.5, 0.6) is 5.75 Å². The number of halogens is 1. The molecule has 1 amide bonds. The zero-order valence-corrected chi connectivity index (χ0v) is 16.3. The molecular formula is C18H18ClN5O2S. The molecule has 0 aliphatic carbocycles. The Labute approximate surface area is 165 Å². The van der Waals surface area contributed by atoms with Crippen LogP contribution in [0.1, 0.15) is 6.92 Å². The van der Waals surface area contributed by atoms with Crippen LogP contribution in [0.2, 0.25) is 5.02 Å². The number of anilines is 1. The van der Waals surface area contributed by atoms with Gasteiger partial charge in [-0.15, -0.1) is 10.2 Å². The second-order valence-corrected chi connectivity index (χ2v) is 7.35. The minimum atomic E-state index is -0.448. The van der Waals surface area contributed by atoms with Crippen molar-refractivity contribution in [2.75, 3.05) is 18.3 Å². The molecule has 0 bridgehead atoms. The van der Waals surface area contributed by atoms with Gasteiger partial charge >= 0.3 is 0 Å². The molecule has 0 spiro atoms. The van der Waals surface area contributed by atoms with Crippen molar-refractivity contribution in [3.63, 3.8) is 0 Å². The van der Waals surface area contributed by atoms with Gasteiger partial charge in [0.05, 0.1) is 23.1 Å². The number of rotatable bonds is 6. The highest BCUT2D eigenvalue weighted by molar-refractivity contribution is 8.00. The monoisotopic (exact) mass is 403 g/mol. The van der Waals surface area contributed by atoms with Crippen molar-refractivity contribution < 1.29 is 9.53 Å². The lowest BCUT2D eigenvalue weighted by atomic mass is 10.2. The maximum Gasteiger partial charge on any atom is 0.237 e. The molecule has 2 aromatic carbocycles. The molecule has 0 fully saturated rings. The summed E-state index contributed by atoms with van der Waals surface area (Å²) in [5.41, 5.74) is 1.36. The molecule has 3 aromatic rings. The number of nitrogens with two attached hydrogens (primary N) is 1. The van der Waals surface area contributed by atoms with Crippen LogP contribution in [-0.2, 0) is 4.79 Å². The number of benzene rings is 2. The fraction of sp³-hybridized carbons (Fsp3) is 0.167. The fourth-order valence-corrected chi connectivity index (χ4v) is 3.26. The zero-order valence-electron chi connectivity index (χ0n) is 14.7. The minimum absolute atomic E-state index is 0.206. The Balaban J connectivity index is 1.71. The molecule has 7 nitrogen and oxygen atoms in total. The van der Waals surface area contributed by atoms with E-state index in [4.69, 9.17) is 22.2 Å². The van der Waals surface area contributed by atoms with Crippen molar-refractivity contribution >= 4 is 35.0 Å². The lowest BCUT2D eigenvalue weighted by Gasteiger charge is -2.12. The first-order valence-electron chi connectivity index (χ1n) is 8.06. The molecule has 0 unspecified atom stereocenters. The highest BCUT2D eigenvalue weighted by Crippen LogP contribution is 2.27. The average Bonchev–Trinajstić information content (AvgIpc) is 3.04. The highest BCUT2D eigenvalue weighted by atomic mass is 35.5. The van der Waals surface area contributed by atoms with Crippen LogP contribution >= 0.6 is 23.4 Å². The van der Waals surface area contributed by atoms with Crippen LogP contribution in [0.25, 0.3) is 11.4 Å². The van der Waals surface area contributed by atoms with Gasteiger partial charge in [-0.05, 0) is 43.3 Å². The molecular weight excluding hydrogens is 386 g/mol. The SMILES string of the molecule is COc1ccc(-c2nnc(S[C@@H](C)C(=O)Nc3ccccc3Cl)n2N)cc1. The van der Waals surface area contributed by atoms with Gasteiger partial charge in [-0.2, -0.15) is 0 Å². The van der Waals surface area contributed by atoms with Crippen molar-refractivity contribution in [2.45, 2.75) is 17.3 Å². The van der Waals surface area contributed by atoms with E-state index in [1.165, 1.54) is 16.4 Å². The molecule has 3 N–H and O–H groups in total. The van der Waals surface area contributed by atoms with Gasteiger partial charge in [-0.3, -0.25) is 4.79 Å². The summed E-state index contributed by atoms with van der Waals surface area (Å²) in [7, 11) is 1.60. The van der Waals surface area contributed by atoms with Crippen LogP contribution in [0.15, 0.2) is 53.7 Å². The first-order valence-corrected chi connectivity index (χ1v) is 9.32. The number of nitrogens with zero attached hydrogens (tertiary/aromatic N) is 3. The molecule has 27 heavy (non-hydrogen) atoms. The first kappa shape index (κ1) is 19.1. The third kappa shape index (κ3) is 4.35. The normalized spacial score (nSPS) is 11.8. The molecule has 140 valence electrons. The number of para-hydroxylation sites is 1. The quantitative estimate of drug-likeness (QED) is 0.483. The molecule has 0 saturated carbocycles. The molecule has 0 aliphatic heterocycles. The van der Waals surface area contributed by atoms with Crippen molar-refractivity contribution in [3.8, 4) is 17.1 Å². The number of hydrogen-bond acceptors (Lipinski definition) is 6. The van der Waals surface area contributed by atoms with E-state index in [1.807, 2.05) is 24.3 Å². The van der Waals surface area contributed by atoms with E-state index in [1.54, 1.807) is 38.3 Å². The number of carbonyl (C=O) groups excluding carboxylic acids is 1. The van der Waals surface area contributed by atoms with E-state index in [0.29, 0.717) is 21.7 Å². The molecule has 9 heteroatoms. The van der Waals surface area contributed by atoms with E-state index in [2.05, 4.69) is 15.5 Å². The standard InChI is InChI=1S/C18H18ClN5O2S/c1-11(17(25)21-15-6-4-3-5-14(15)19)27-18-23-22-16(24(18)20)12-7-9-13(26-2)10-8-12/h3-11H,20H2,1-2H3,(H,21,25)/t11-/m0/s1. The Hall–Kier alpha value is -2.71. The van der Waals surface area contributed by atoms with Crippen LogP contribution in [0.3, 0.4) is 0 Å². The van der Waals surface area contributed by atoms with Gasteiger partial charge in [-0.25, -0.2) is 4.68 Å². The summed E-state index contributed by atoms with van der Waals surface area (Å²) < 4.78 is 6.51.